The summed E-state index contributed by atoms with van der Waals surface area (Å²) in [7, 11) is 0. The Morgan fingerprint density at radius 1 is 1.40 bits per heavy atom. The van der Waals surface area contributed by atoms with Crippen molar-refractivity contribution in [2.24, 2.45) is 0 Å². The van der Waals surface area contributed by atoms with Crippen LogP contribution in [0, 0.1) is 0 Å². The Hall–Kier alpha value is -0.970. The van der Waals surface area contributed by atoms with Gasteiger partial charge in [-0.2, -0.15) is 4.80 Å². The Kier molecular flexibility index (Phi) is 2.02. The summed E-state index contributed by atoms with van der Waals surface area (Å²) in [5.74, 6) is 1.45. The highest BCUT2D eigenvalue weighted by Gasteiger charge is 2.34. The van der Waals surface area contributed by atoms with Crippen LogP contribution in [0.25, 0.3) is 0 Å². The Morgan fingerprint density at radius 2 is 2.20 bits per heavy atom. The summed E-state index contributed by atoms with van der Waals surface area (Å²) in [6.07, 6.45) is 6.17. The average Bonchev–Trinajstić information content (AvgIpc) is 2.93. The van der Waals surface area contributed by atoms with E-state index in [2.05, 4.69) is 15.4 Å². The highest BCUT2D eigenvalue weighted by Crippen LogP contribution is 2.37. The normalized spacial score (nSPS) is 23.8. The van der Waals surface area contributed by atoms with Crippen molar-refractivity contribution < 1.29 is 5.11 Å². The molecule has 2 aliphatic rings. The largest absolute Gasteiger partial charge is 0.390 e. The van der Waals surface area contributed by atoms with E-state index >= 15 is 0 Å². The van der Waals surface area contributed by atoms with Crippen LogP contribution < -0.4 is 0 Å². The minimum Gasteiger partial charge on any atom is -0.390 e. The van der Waals surface area contributed by atoms with Crippen LogP contribution >= 0.6 is 0 Å². The minimum atomic E-state index is -0.437. The third-order valence-corrected chi connectivity index (χ3v) is 3.47. The molecule has 2 saturated carbocycles. The fourth-order valence-electron chi connectivity index (χ4n) is 2.00. The van der Waals surface area contributed by atoms with Crippen molar-refractivity contribution in [1.82, 2.24) is 20.2 Å². The van der Waals surface area contributed by atoms with Crippen LogP contribution in [-0.4, -0.2) is 30.9 Å². The van der Waals surface area contributed by atoms with Gasteiger partial charge < -0.3 is 5.11 Å². The maximum atomic E-state index is 9.91. The van der Waals surface area contributed by atoms with Crippen molar-refractivity contribution >= 4 is 0 Å². The van der Waals surface area contributed by atoms with Crippen LogP contribution in [0.4, 0.5) is 0 Å². The van der Waals surface area contributed by atoms with Crippen molar-refractivity contribution in [3.8, 4) is 0 Å². The lowest BCUT2D eigenvalue weighted by Gasteiger charge is -2.36. The summed E-state index contributed by atoms with van der Waals surface area (Å²) < 4.78 is 0. The molecule has 0 atom stereocenters. The molecule has 5 heteroatoms. The maximum absolute atomic E-state index is 9.91. The van der Waals surface area contributed by atoms with E-state index in [0.29, 0.717) is 12.5 Å². The lowest BCUT2D eigenvalue weighted by molar-refractivity contribution is -0.0447. The SMILES string of the molecule is OC1(CCn2nnc(C3CC3)n2)CCC1. The second-order valence-corrected chi connectivity index (χ2v) is 4.85. The molecular weight excluding hydrogens is 192 g/mol. The number of aromatic nitrogens is 4. The summed E-state index contributed by atoms with van der Waals surface area (Å²) in [6.45, 7) is 0.691. The number of hydrogen-bond donors (Lipinski definition) is 1. The molecule has 15 heavy (non-hydrogen) atoms. The van der Waals surface area contributed by atoms with E-state index in [1.165, 1.54) is 12.8 Å². The molecule has 2 fully saturated rings. The molecule has 1 aromatic heterocycles. The quantitative estimate of drug-likeness (QED) is 0.797. The van der Waals surface area contributed by atoms with Crippen LogP contribution in [0.15, 0.2) is 0 Å². The highest BCUT2D eigenvalue weighted by atomic mass is 16.3. The number of aryl methyl sites for hydroxylation is 1. The van der Waals surface area contributed by atoms with Gasteiger partial charge in [0.05, 0.1) is 12.1 Å². The van der Waals surface area contributed by atoms with Crippen molar-refractivity contribution in [1.29, 1.82) is 0 Å². The molecule has 2 aliphatic carbocycles. The van der Waals surface area contributed by atoms with Gasteiger partial charge in [0.25, 0.3) is 0 Å². The minimum absolute atomic E-state index is 0.437. The number of aliphatic hydroxyl groups is 1. The first kappa shape index (κ1) is 9.27. The predicted octanol–water partition coefficient (Wildman–Crippen LogP) is 0.856. The average molecular weight is 208 g/mol. The smallest absolute Gasteiger partial charge is 0.177 e. The monoisotopic (exact) mass is 208 g/mol. The Balaban J connectivity index is 1.56. The molecule has 0 radical (unpaired) electrons. The molecular formula is C10H16N4O. The molecule has 3 rings (SSSR count). The standard InChI is InChI=1S/C10H16N4O/c15-10(4-1-5-10)6-7-14-12-9(11-13-14)8-2-3-8/h8,15H,1-7H2. The van der Waals surface area contributed by atoms with Gasteiger partial charge in [-0.15, -0.1) is 10.2 Å². The van der Waals surface area contributed by atoms with Gasteiger partial charge in [0.1, 0.15) is 0 Å². The van der Waals surface area contributed by atoms with Crippen molar-refractivity contribution in [2.75, 3.05) is 0 Å². The molecule has 0 bridgehead atoms. The van der Waals surface area contributed by atoms with Gasteiger partial charge in [-0.3, -0.25) is 0 Å². The van der Waals surface area contributed by atoms with Crippen molar-refractivity contribution in [3.05, 3.63) is 5.82 Å². The van der Waals surface area contributed by atoms with Crippen LogP contribution in [0.2, 0.25) is 0 Å². The molecule has 0 saturated heterocycles. The summed E-state index contributed by atoms with van der Waals surface area (Å²) in [4.78, 5) is 1.63. The molecule has 0 aliphatic heterocycles. The van der Waals surface area contributed by atoms with Gasteiger partial charge in [0, 0.05) is 5.92 Å². The molecule has 5 nitrogen and oxygen atoms in total. The van der Waals surface area contributed by atoms with Gasteiger partial charge in [0.15, 0.2) is 5.82 Å². The molecule has 0 amide bonds. The van der Waals surface area contributed by atoms with Crippen LogP contribution in [0.3, 0.4) is 0 Å². The van der Waals surface area contributed by atoms with E-state index in [-0.39, 0.29) is 0 Å². The van der Waals surface area contributed by atoms with Crippen molar-refractivity contribution in [3.63, 3.8) is 0 Å². The fraction of sp³-hybridized carbons (Fsp3) is 0.900. The summed E-state index contributed by atoms with van der Waals surface area (Å²) in [6, 6.07) is 0. The van der Waals surface area contributed by atoms with E-state index in [9.17, 15) is 5.11 Å². The van der Waals surface area contributed by atoms with Gasteiger partial charge >= 0.3 is 0 Å². The Morgan fingerprint density at radius 3 is 2.80 bits per heavy atom. The topological polar surface area (TPSA) is 63.8 Å². The predicted molar refractivity (Wildman–Crippen MR) is 53.2 cm³/mol. The molecule has 0 unspecified atom stereocenters. The maximum Gasteiger partial charge on any atom is 0.177 e. The second-order valence-electron chi connectivity index (χ2n) is 4.85. The summed E-state index contributed by atoms with van der Waals surface area (Å²) >= 11 is 0. The molecule has 82 valence electrons. The first-order valence-corrected chi connectivity index (χ1v) is 5.75. The third-order valence-electron chi connectivity index (χ3n) is 3.47. The van der Waals surface area contributed by atoms with Crippen LogP contribution in [0.1, 0.15) is 50.3 Å². The lowest BCUT2D eigenvalue weighted by Crippen LogP contribution is -2.37. The van der Waals surface area contributed by atoms with E-state index < -0.39 is 5.60 Å². The Bertz CT molecular complexity index is 354. The van der Waals surface area contributed by atoms with Gasteiger partial charge in [0.2, 0.25) is 0 Å². The van der Waals surface area contributed by atoms with Crippen LogP contribution in [0.5, 0.6) is 0 Å². The van der Waals surface area contributed by atoms with E-state index in [1.807, 2.05) is 0 Å². The zero-order valence-electron chi connectivity index (χ0n) is 8.76. The van der Waals surface area contributed by atoms with Crippen molar-refractivity contribution in [2.45, 2.75) is 56.6 Å². The zero-order valence-corrected chi connectivity index (χ0v) is 8.76. The first-order valence-electron chi connectivity index (χ1n) is 5.75. The third kappa shape index (κ3) is 1.88. The van der Waals surface area contributed by atoms with Gasteiger partial charge in [-0.05, 0) is 43.7 Å². The summed E-state index contributed by atoms with van der Waals surface area (Å²) in [5.41, 5.74) is -0.437. The fourth-order valence-corrected chi connectivity index (χ4v) is 2.00. The van der Waals surface area contributed by atoms with E-state index in [4.69, 9.17) is 0 Å². The first-order chi connectivity index (χ1) is 7.25. The van der Waals surface area contributed by atoms with E-state index in [0.717, 1.165) is 31.5 Å². The lowest BCUT2D eigenvalue weighted by atomic mass is 9.78. The van der Waals surface area contributed by atoms with Gasteiger partial charge in [-0.25, -0.2) is 0 Å². The highest BCUT2D eigenvalue weighted by molar-refractivity contribution is 5.00. The zero-order chi connectivity index (χ0) is 10.3. The number of hydrogen-bond acceptors (Lipinski definition) is 4. The number of rotatable bonds is 4. The molecule has 0 spiro atoms. The number of nitrogens with zero attached hydrogens (tertiary/aromatic N) is 4. The summed E-state index contributed by atoms with van der Waals surface area (Å²) in [5, 5.41) is 22.3. The second kappa shape index (κ2) is 3.27. The molecule has 1 N–H and O–H groups in total. The van der Waals surface area contributed by atoms with E-state index in [1.54, 1.807) is 4.80 Å². The number of tetrazole rings is 1. The van der Waals surface area contributed by atoms with Crippen LogP contribution in [-0.2, 0) is 6.54 Å². The molecule has 1 aromatic rings. The van der Waals surface area contributed by atoms with Gasteiger partial charge in [-0.1, -0.05) is 0 Å². The molecule has 0 aromatic carbocycles. The molecule has 1 heterocycles. The Labute approximate surface area is 88.5 Å².